The molecule has 1 N–H and O–H groups in total. The minimum atomic E-state index is -4.81. The Labute approximate surface area is 119 Å². The molecule has 0 aliphatic carbocycles. The predicted octanol–water partition coefficient (Wildman–Crippen LogP) is 1.61. The zero-order valence-electron chi connectivity index (χ0n) is 10.9. The molecular formula is C11H15ClF3N3O2. The van der Waals surface area contributed by atoms with Gasteiger partial charge in [0.25, 0.3) is 0 Å². The molecular weight excluding hydrogens is 299 g/mol. The van der Waals surface area contributed by atoms with E-state index >= 15 is 0 Å². The van der Waals surface area contributed by atoms with Gasteiger partial charge in [-0.2, -0.15) is 13.2 Å². The highest BCUT2D eigenvalue weighted by atomic mass is 35.5. The van der Waals surface area contributed by atoms with Gasteiger partial charge in [-0.05, 0) is 13.8 Å². The summed E-state index contributed by atoms with van der Waals surface area (Å²) in [4.78, 5) is 15.9. The molecule has 1 amide bonds. The van der Waals surface area contributed by atoms with E-state index < -0.39 is 17.6 Å². The normalized spacial score (nSPS) is 21.7. The van der Waals surface area contributed by atoms with Crippen molar-refractivity contribution in [1.29, 1.82) is 0 Å². The maximum atomic E-state index is 12.9. The van der Waals surface area contributed by atoms with Crippen LogP contribution in [-0.2, 0) is 16.9 Å². The van der Waals surface area contributed by atoms with Gasteiger partial charge in [-0.3, -0.25) is 4.79 Å². The van der Waals surface area contributed by atoms with Gasteiger partial charge in [0, 0.05) is 6.54 Å². The molecule has 1 aliphatic heterocycles. The van der Waals surface area contributed by atoms with Crippen molar-refractivity contribution in [1.82, 2.24) is 14.5 Å². The Bertz CT molecular complexity index is 502. The minimum absolute atomic E-state index is 0. The molecule has 1 aromatic heterocycles. The highest BCUT2D eigenvalue weighted by Gasteiger charge is 2.54. The quantitative estimate of drug-likeness (QED) is 0.844. The molecule has 0 spiro atoms. The zero-order valence-corrected chi connectivity index (χ0v) is 11.7. The summed E-state index contributed by atoms with van der Waals surface area (Å²) in [7, 11) is 0. The van der Waals surface area contributed by atoms with Crippen LogP contribution in [0.25, 0.3) is 0 Å². The van der Waals surface area contributed by atoms with Gasteiger partial charge >= 0.3 is 6.18 Å². The Morgan fingerprint density at radius 3 is 2.60 bits per heavy atom. The number of aliphatic hydroxyl groups is 1. The van der Waals surface area contributed by atoms with Crippen LogP contribution < -0.4 is 0 Å². The van der Waals surface area contributed by atoms with E-state index in [0.29, 0.717) is 19.0 Å². The highest BCUT2D eigenvalue weighted by Crippen LogP contribution is 2.39. The molecule has 0 aromatic carbocycles. The molecule has 0 unspecified atom stereocenters. The lowest BCUT2D eigenvalue weighted by molar-refractivity contribution is -0.263. The molecule has 5 nitrogen and oxygen atoms in total. The van der Waals surface area contributed by atoms with Gasteiger partial charge in [0.1, 0.15) is 0 Å². The van der Waals surface area contributed by atoms with Crippen LogP contribution in [0.15, 0.2) is 6.20 Å². The molecule has 0 fully saturated rings. The monoisotopic (exact) mass is 313 g/mol. The molecule has 0 radical (unpaired) electrons. The molecule has 1 aromatic rings. The Balaban J connectivity index is 0.00000200. The molecule has 9 heteroatoms. The van der Waals surface area contributed by atoms with Gasteiger partial charge in [0.05, 0.1) is 24.5 Å². The van der Waals surface area contributed by atoms with Crippen molar-refractivity contribution < 1.29 is 23.1 Å². The topological polar surface area (TPSA) is 58.4 Å². The molecule has 2 heterocycles. The van der Waals surface area contributed by atoms with Gasteiger partial charge < -0.3 is 14.6 Å². The van der Waals surface area contributed by atoms with Crippen LogP contribution in [0.4, 0.5) is 13.2 Å². The summed E-state index contributed by atoms with van der Waals surface area (Å²) < 4.78 is 40.0. The SMILES string of the molecule is C[C@H]1CN(C=O)Cc2cnc([C@@](C)(O)C(F)(F)F)n21.Cl. The largest absolute Gasteiger partial charge is 0.424 e. The summed E-state index contributed by atoms with van der Waals surface area (Å²) in [5.74, 6) is -0.437. The molecule has 0 saturated carbocycles. The van der Waals surface area contributed by atoms with Crippen LogP contribution in [0.1, 0.15) is 31.4 Å². The molecule has 2 rings (SSSR count). The van der Waals surface area contributed by atoms with Crippen LogP contribution in [0.3, 0.4) is 0 Å². The number of amides is 1. The first-order valence-electron chi connectivity index (χ1n) is 5.73. The number of carbonyl (C=O) groups is 1. The molecule has 0 bridgehead atoms. The van der Waals surface area contributed by atoms with Crippen molar-refractivity contribution in [2.24, 2.45) is 0 Å². The average molecular weight is 314 g/mol. The molecule has 2 atom stereocenters. The third kappa shape index (κ3) is 2.49. The van der Waals surface area contributed by atoms with E-state index in [1.807, 2.05) is 0 Å². The highest BCUT2D eigenvalue weighted by molar-refractivity contribution is 5.85. The molecule has 114 valence electrons. The number of halogens is 4. The summed E-state index contributed by atoms with van der Waals surface area (Å²) in [5, 5.41) is 9.72. The number of fused-ring (bicyclic) bond motifs is 1. The van der Waals surface area contributed by atoms with E-state index in [9.17, 15) is 23.1 Å². The molecule has 1 aliphatic rings. The predicted molar refractivity (Wildman–Crippen MR) is 66.3 cm³/mol. The van der Waals surface area contributed by atoms with Crippen LogP contribution in [0.5, 0.6) is 0 Å². The fourth-order valence-electron chi connectivity index (χ4n) is 2.27. The van der Waals surface area contributed by atoms with Crippen molar-refractivity contribution in [2.75, 3.05) is 6.54 Å². The second kappa shape index (κ2) is 5.25. The van der Waals surface area contributed by atoms with E-state index in [-0.39, 0.29) is 31.5 Å². The number of imidazole rings is 1. The first kappa shape index (κ1) is 16.8. The number of hydrogen-bond donors (Lipinski definition) is 1. The van der Waals surface area contributed by atoms with E-state index in [0.717, 1.165) is 0 Å². The van der Waals surface area contributed by atoms with Crippen molar-refractivity contribution in [3.8, 4) is 0 Å². The Kier molecular flexibility index (Phi) is 4.40. The fourth-order valence-corrected chi connectivity index (χ4v) is 2.27. The van der Waals surface area contributed by atoms with Crippen LogP contribution in [0, 0.1) is 0 Å². The second-order valence-electron chi connectivity index (χ2n) is 4.90. The number of rotatable bonds is 2. The minimum Gasteiger partial charge on any atom is -0.374 e. The first-order chi connectivity index (χ1) is 8.68. The number of nitrogens with zero attached hydrogens (tertiary/aromatic N) is 3. The third-order valence-corrected chi connectivity index (χ3v) is 3.31. The number of aromatic nitrogens is 2. The zero-order chi connectivity index (χ0) is 14.4. The van der Waals surface area contributed by atoms with Gasteiger partial charge in [-0.15, -0.1) is 12.4 Å². The van der Waals surface area contributed by atoms with Gasteiger partial charge in [0.15, 0.2) is 5.82 Å². The molecule has 20 heavy (non-hydrogen) atoms. The maximum absolute atomic E-state index is 12.9. The number of hydrogen-bond acceptors (Lipinski definition) is 3. The summed E-state index contributed by atoms with van der Waals surface area (Å²) in [5.41, 5.74) is -2.53. The van der Waals surface area contributed by atoms with Crippen molar-refractivity contribution in [2.45, 2.75) is 38.2 Å². The lowest BCUT2D eigenvalue weighted by atomic mass is 10.0. The first-order valence-corrected chi connectivity index (χ1v) is 5.73. The van der Waals surface area contributed by atoms with E-state index in [1.54, 1.807) is 6.92 Å². The molecule has 0 saturated heterocycles. The standard InChI is InChI=1S/C11H14F3N3O2.ClH/c1-7-4-16(6-18)5-8-3-15-9(17(7)8)10(2,19)11(12,13)14;/h3,6-7,19H,4-5H2,1-2H3;1H/t7-,10+;/m0./s1. The Hall–Kier alpha value is -1.28. The van der Waals surface area contributed by atoms with Crippen LogP contribution in [0.2, 0.25) is 0 Å². The fraction of sp³-hybridized carbons (Fsp3) is 0.636. The van der Waals surface area contributed by atoms with Crippen molar-refractivity contribution >= 4 is 18.8 Å². The van der Waals surface area contributed by atoms with Crippen molar-refractivity contribution in [3.63, 3.8) is 0 Å². The van der Waals surface area contributed by atoms with Crippen LogP contribution >= 0.6 is 12.4 Å². The van der Waals surface area contributed by atoms with Gasteiger partial charge in [-0.25, -0.2) is 4.98 Å². The lowest BCUT2D eigenvalue weighted by Gasteiger charge is -2.34. The van der Waals surface area contributed by atoms with E-state index in [1.165, 1.54) is 15.7 Å². The van der Waals surface area contributed by atoms with Crippen LogP contribution in [-0.4, -0.2) is 38.7 Å². The Morgan fingerprint density at radius 2 is 2.10 bits per heavy atom. The maximum Gasteiger partial charge on any atom is 0.424 e. The van der Waals surface area contributed by atoms with Crippen molar-refractivity contribution in [3.05, 3.63) is 17.7 Å². The van der Waals surface area contributed by atoms with Gasteiger partial charge in [-0.1, -0.05) is 0 Å². The Morgan fingerprint density at radius 1 is 1.50 bits per heavy atom. The second-order valence-corrected chi connectivity index (χ2v) is 4.90. The van der Waals surface area contributed by atoms with E-state index in [2.05, 4.69) is 4.98 Å². The lowest BCUT2D eigenvalue weighted by Crippen LogP contribution is -2.44. The van der Waals surface area contributed by atoms with Gasteiger partial charge in [0.2, 0.25) is 12.0 Å². The summed E-state index contributed by atoms with van der Waals surface area (Å²) >= 11 is 0. The average Bonchev–Trinajstić information content (AvgIpc) is 2.71. The number of alkyl halides is 3. The smallest absolute Gasteiger partial charge is 0.374 e. The number of carbonyl (C=O) groups excluding carboxylic acids is 1. The third-order valence-electron chi connectivity index (χ3n) is 3.31. The van der Waals surface area contributed by atoms with E-state index in [4.69, 9.17) is 0 Å². The summed E-state index contributed by atoms with van der Waals surface area (Å²) in [6, 6.07) is -0.375. The summed E-state index contributed by atoms with van der Waals surface area (Å²) in [6.07, 6.45) is -2.90. The summed E-state index contributed by atoms with van der Waals surface area (Å²) in [6.45, 7) is 2.83.